The zero-order valence-electron chi connectivity index (χ0n) is 28.7. The van der Waals surface area contributed by atoms with Crippen molar-refractivity contribution in [3.05, 3.63) is 76.1 Å². The average Bonchev–Trinajstić information content (AvgIpc) is 3.23. The molecule has 2 heterocycles. The smallest absolute Gasteiger partial charge is 0.329 e. The molecule has 1 fully saturated rings. The van der Waals surface area contributed by atoms with Gasteiger partial charge in [0.1, 0.15) is 11.3 Å². The summed E-state index contributed by atoms with van der Waals surface area (Å²) >= 11 is 6.28. The van der Waals surface area contributed by atoms with Crippen molar-refractivity contribution in [2.24, 2.45) is 17.3 Å². The summed E-state index contributed by atoms with van der Waals surface area (Å²) in [5.74, 6) is 2.91. The van der Waals surface area contributed by atoms with Crippen molar-refractivity contribution in [1.29, 1.82) is 0 Å². The minimum absolute atomic E-state index is 0.0804. The van der Waals surface area contributed by atoms with Gasteiger partial charge in [-0.05, 0) is 128 Å². The highest BCUT2D eigenvalue weighted by Gasteiger charge is 2.54. The number of halogens is 1. The van der Waals surface area contributed by atoms with Crippen molar-refractivity contribution in [1.82, 2.24) is 4.98 Å². The monoisotopic (exact) mass is 672 g/mol. The highest BCUT2D eigenvalue weighted by molar-refractivity contribution is 6.30. The van der Waals surface area contributed by atoms with Crippen LogP contribution in [0.4, 0.5) is 5.69 Å². The summed E-state index contributed by atoms with van der Waals surface area (Å²) in [5, 5.41) is 14.6. The number of fused-ring (bicyclic) bond motifs is 4. The summed E-state index contributed by atoms with van der Waals surface area (Å²) in [6.07, 6.45) is 9.74. The number of hydrogen-bond donors (Lipinski definition) is 2. The first-order chi connectivity index (χ1) is 23.0. The summed E-state index contributed by atoms with van der Waals surface area (Å²) in [4.78, 5) is 17.6. The van der Waals surface area contributed by atoms with Gasteiger partial charge in [-0.1, -0.05) is 45.4 Å². The Morgan fingerprint density at radius 1 is 1.10 bits per heavy atom. The zero-order chi connectivity index (χ0) is 33.7. The van der Waals surface area contributed by atoms with Gasteiger partial charge in [-0.15, -0.1) is 0 Å². The first kappa shape index (κ1) is 33.1. The predicted octanol–water partition coefficient (Wildman–Crippen LogP) is 9.00. The van der Waals surface area contributed by atoms with Crippen LogP contribution < -0.4 is 19.5 Å². The van der Waals surface area contributed by atoms with E-state index in [-0.39, 0.29) is 10.8 Å². The second-order valence-corrected chi connectivity index (χ2v) is 16.3. The molecule has 3 atom stereocenters. The molecule has 2 aromatic carbocycles. The van der Waals surface area contributed by atoms with E-state index >= 15 is 0 Å². The van der Waals surface area contributed by atoms with Crippen LogP contribution in [-0.2, 0) is 23.1 Å². The maximum absolute atomic E-state index is 13.0. The number of carbonyl (C=O) groups is 1. The zero-order valence-corrected chi connectivity index (χ0v) is 29.5. The van der Waals surface area contributed by atoms with Crippen molar-refractivity contribution in [2.45, 2.75) is 102 Å². The molecule has 4 aliphatic rings. The van der Waals surface area contributed by atoms with Gasteiger partial charge in [0.05, 0.1) is 19.8 Å². The highest BCUT2D eigenvalue weighted by Crippen LogP contribution is 2.58. The molecular weight excluding hydrogens is 624 g/mol. The Balaban J connectivity index is 1.16. The van der Waals surface area contributed by atoms with E-state index in [2.05, 4.69) is 50.1 Å². The van der Waals surface area contributed by atoms with Crippen LogP contribution in [0, 0.1) is 17.3 Å². The molecule has 7 nitrogen and oxygen atoms in total. The van der Waals surface area contributed by atoms with Crippen LogP contribution >= 0.6 is 11.6 Å². The van der Waals surface area contributed by atoms with Crippen molar-refractivity contribution < 1.29 is 24.1 Å². The number of nitrogens with zero attached hydrogens (tertiary/aromatic N) is 1. The summed E-state index contributed by atoms with van der Waals surface area (Å²) in [6, 6.07) is 13.8. The maximum atomic E-state index is 13.0. The molecule has 1 aliphatic heterocycles. The van der Waals surface area contributed by atoms with E-state index in [1.54, 1.807) is 12.1 Å². The topological polar surface area (TPSA) is 89.9 Å². The molecule has 7 rings (SSSR count). The summed E-state index contributed by atoms with van der Waals surface area (Å²) in [6.45, 7) is 10.7. The van der Waals surface area contributed by atoms with Crippen LogP contribution in [0.25, 0.3) is 0 Å². The largest absolute Gasteiger partial charge is 0.493 e. The van der Waals surface area contributed by atoms with Gasteiger partial charge < -0.3 is 24.6 Å². The summed E-state index contributed by atoms with van der Waals surface area (Å²) in [7, 11) is 0. The van der Waals surface area contributed by atoms with Crippen LogP contribution in [0.3, 0.4) is 0 Å². The normalized spacial score (nSPS) is 27.8. The van der Waals surface area contributed by atoms with E-state index in [9.17, 15) is 9.90 Å². The molecule has 0 radical (unpaired) electrons. The van der Waals surface area contributed by atoms with E-state index in [1.165, 1.54) is 35.2 Å². The van der Waals surface area contributed by atoms with Gasteiger partial charge in [-0.3, -0.25) is 4.98 Å². The lowest BCUT2D eigenvalue weighted by Gasteiger charge is -2.47. The number of aliphatic carboxylic acids is 1. The van der Waals surface area contributed by atoms with E-state index in [0.717, 1.165) is 55.0 Å². The molecule has 8 heteroatoms. The third-order valence-corrected chi connectivity index (χ3v) is 11.8. The summed E-state index contributed by atoms with van der Waals surface area (Å²) < 4.78 is 19.3. The lowest BCUT2D eigenvalue weighted by atomic mass is 9.59. The number of carboxylic acids is 1. The molecule has 256 valence electrons. The highest BCUT2D eigenvalue weighted by atomic mass is 35.5. The number of carboxylic acid groups (broad SMARTS) is 1. The Bertz CT molecular complexity index is 1680. The van der Waals surface area contributed by atoms with Crippen molar-refractivity contribution >= 4 is 23.3 Å². The number of nitrogens with one attached hydrogen (secondary N) is 1. The molecule has 3 aliphatic carbocycles. The molecule has 0 amide bonds. The van der Waals surface area contributed by atoms with Crippen LogP contribution in [0.5, 0.6) is 17.2 Å². The molecule has 1 spiro atoms. The minimum Gasteiger partial charge on any atom is -0.493 e. The van der Waals surface area contributed by atoms with Crippen LogP contribution in [0.2, 0.25) is 5.02 Å². The number of aryl methyl sites for hydroxylation is 1. The predicted molar refractivity (Wildman–Crippen MR) is 189 cm³/mol. The van der Waals surface area contributed by atoms with Gasteiger partial charge in [0.2, 0.25) is 0 Å². The quantitative estimate of drug-likeness (QED) is 0.247. The van der Waals surface area contributed by atoms with Crippen LogP contribution in [0.15, 0.2) is 48.7 Å². The standard InChI is InChI=1S/C40H49ClN2O5/c1-25(22-46-33-11-16-42-32-10-5-7-26(2)36(32)33)17-28-18-27-19-34-35(48-24-38(3,4)23-47-34)21-31(27)39(28)12-14-40(15-13-39,37(44)45)43-30-9-6-8-29(41)20-30/h6,8-9,11,16,19-21,25-26,28,43H,5,7,10,12-15,17-18,22-24H2,1-4H3,(H,44,45)/t25-,26-,28+,39?,40?/m1/s1. The van der Waals surface area contributed by atoms with E-state index in [1.807, 2.05) is 24.4 Å². The Kier molecular flexibility index (Phi) is 8.80. The molecular formula is C40H49ClN2O5. The van der Waals surface area contributed by atoms with Crippen molar-refractivity contribution in [3.63, 3.8) is 0 Å². The molecule has 0 unspecified atom stereocenters. The van der Waals surface area contributed by atoms with Gasteiger partial charge in [0.15, 0.2) is 11.5 Å². The Hall–Kier alpha value is -3.45. The number of anilines is 1. The number of benzene rings is 2. The molecule has 0 saturated heterocycles. The molecule has 1 saturated carbocycles. The Morgan fingerprint density at radius 3 is 2.58 bits per heavy atom. The number of hydrogen-bond acceptors (Lipinski definition) is 6. The molecule has 3 aromatic rings. The lowest BCUT2D eigenvalue weighted by molar-refractivity contribution is -0.144. The number of rotatable bonds is 8. The second kappa shape index (κ2) is 12.8. The van der Waals surface area contributed by atoms with Crippen LogP contribution in [-0.4, -0.2) is 41.4 Å². The SMILES string of the molecule is C[C@@H](COc1ccnc2c1[C@H](C)CCC2)C[C@H]1Cc2cc3c(cc2C12CCC(Nc1cccc(Cl)c1)(C(=O)O)CC2)OCC(C)(C)CO3. The van der Waals surface area contributed by atoms with Crippen LogP contribution in [0.1, 0.15) is 101 Å². The van der Waals surface area contributed by atoms with Gasteiger partial charge in [0.25, 0.3) is 0 Å². The van der Waals surface area contributed by atoms with E-state index < -0.39 is 11.5 Å². The first-order valence-electron chi connectivity index (χ1n) is 17.8. The summed E-state index contributed by atoms with van der Waals surface area (Å²) in [5.41, 5.74) is 4.51. The minimum atomic E-state index is -1.07. The fraction of sp³-hybridized carbons (Fsp3) is 0.550. The third kappa shape index (κ3) is 6.23. The van der Waals surface area contributed by atoms with Gasteiger partial charge >= 0.3 is 5.97 Å². The third-order valence-electron chi connectivity index (χ3n) is 11.6. The van der Waals surface area contributed by atoms with Gasteiger partial charge in [-0.25, -0.2) is 4.79 Å². The van der Waals surface area contributed by atoms with E-state index in [4.69, 9.17) is 25.8 Å². The lowest BCUT2D eigenvalue weighted by Crippen LogP contribution is -2.53. The fourth-order valence-electron chi connectivity index (χ4n) is 8.93. The van der Waals surface area contributed by atoms with Gasteiger partial charge in [-0.2, -0.15) is 0 Å². The molecule has 2 N–H and O–H groups in total. The van der Waals surface area contributed by atoms with Crippen molar-refractivity contribution in [2.75, 3.05) is 25.1 Å². The fourth-order valence-corrected chi connectivity index (χ4v) is 9.12. The first-order valence-corrected chi connectivity index (χ1v) is 18.2. The van der Waals surface area contributed by atoms with E-state index in [0.29, 0.717) is 55.4 Å². The number of aromatic nitrogens is 1. The maximum Gasteiger partial charge on any atom is 0.329 e. The van der Waals surface area contributed by atoms with Gasteiger partial charge in [0, 0.05) is 33.6 Å². The number of ether oxygens (including phenoxy) is 3. The Labute approximate surface area is 289 Å². The molecule has 0 bridgehead atoms. The van der Waals surface area contributed by atoms with Crippen molar-refractivity contribution in [3.8, 4) is 17.2 Å². The Morgan fingerprint density at radius 2 is 1.85 bits per heavy atom. The molecule has 48 heavy (non-hydrogen) atoms. The number of pyridine rings is 1. The average molecular weight is 673 g/mol. The second-order valence-electron chi connectivity index (χ2n) is 15.9. The molecule has 1 aromatic heterocycles.